The van der Waals surface area contributed by atoms with Gasteiger partial charge < -0.3 is 10.5 Å². The van der Waals surface area contributed by atoms with Crippen molar-refractivity contribution >= 4 is 0 Å². The first-order valence-electron chi connectivity index (χ1n) is 6.63. The first-order valence-corrected chi connectivity index (χ1v) is 6.63. The molecule has 0 saturated heterocycles. The van der Waals surface area contributed by atoms with Gasteiger partial charge in [-0.25, -0.2) is 13.2 Å². The Morgan fingerprint density at radius 2 is 1.52 bits per heavy atom. The molecule has 2 atom stereocenters. The van der Waals surface area contributed by atoms with E-state index < -0.39 is 17.7 Å². The fraction of sp³-hybridized carbons (Fsp3) is 0.250. The molecule has 0 aliphatic heterocycles. The van der Waals surface area contributed by atoms with Gasteiger partial charge in [-0.2, -0.15) is 0 Å². The summed E-state index contributed by atoms with van der Waals surface area (Å²) in [4.78, 5) is 0. The molecule has 0 heterocycles. The maximum Gasteiger partial charge on any atom is 0.139 e. The van der Waals surface area contributed by atoms with E-state index in [1.165, 1.54) is 12.1 Å². The lowest BCUT2D eigenvalue weighted by Crippen LogP contribution is -2.31. The largest absolute Gasteiger partial charge is 0.484 e. The van der Waals surface area contributed by atoms with Crippen molar-refractivity contribution in [2.45, 2.75) is 25.5 Å². The summed E-state index contributed by atoms with van der Waals surface area (Å²) < 4.78 is 45.1. The number of nitrogens with two attached hydrogens (primary N) is 1. The van der Waals surface area contributed by atoms with Gasteiger partial charge in [0, 0.05) is 24.2 Å². The van der Waals surface area contributed by atoms with Crippen molar-refractivity contribution in [3.05, 3.63) is 65.5 Å². The Kier molecular flexibility index (Phi) is 4.85. The lowest BCUT2D eigenvalue weighted by molar-refractivity contribution is 0.169. The van der Waals surface area contributed by atoms with Gasteiger partial charge in [-0.3, -0.25) is 0 Å². The topological polar surface area (TPSA) is 35.2 Å². The molecule has 0 aliphatic rings. The summed E-state index contributed by atoms with van der Waals surface area (Å²) in [7, 11) is 0. The minimum Gasteiger partial charge on any atom is -0.484 e. The van der Waals surface area contributed by atoms with E-state index in [0.717, 1.165) is 18.2 Å². The highest BCUT2D eigenvalue weighted by Crippen LogP contribution is 2.27. The average molecular weight is 295 g/mol. The monoisotopic (exact) mass is 295 g/mol. The second-order valence-electron chi connectivity index (χ2n) is 4.77. The fourth-order valence-electron chi connectivity index (χ4n) is 2.01. The molecule has 0 spiro atoms. The third-order valence-corrected chi connectivity index (χ3v) is 3.16. The predicted molar refractivity (Wildman–Crippen MR) is 74.4 cm³/mol. The Labute approximate surface area is 121 Å². The van der Waals surface area contributed by atoms with Crippen molar-refractivity contribution in [2.75, 3.05) is 0 Å². The molecule has 0 amide bonds. The maximum absolute atomic E-state index is 13.2. The second-order valence-corrected chi connectivity index (χ2v) is 4.77. The van der Waals surface area contributed by atoms with Crippen LogP contribution in [0.3, 0.4) is 0 Å². The molecule has 5 heteroatoms. The molecular weight excluding hydrogens is 279 g/mol. The van der Waals surface area contributed by atoms with Crippen LogP contribution in [0, 0.1) is 17.5 Å². The third-order valence-electron chi connectivity index (χ3n) is 3.16. The van der Waals surface area contributed by atoms with E-state index in [9.17, 15) is 13.2 Å². The number of benzene rings is 2. The Morgan fingerprint density at radius 3 is 2.05 bits per heavy atom. The first-order chi connectivity index (χ1) is 9.99. The van der Waals surface area contributed by atoms with Crippen molar-refractivity contribution in [3.8, 4) is 5.75 Å². The lowest BCUT2D eigenvalue weighted by Gasteiger charge is -2.25. The highest BCUT2D eigenvalue weighted by molar-refractivity contribution is 5.27. The zero-order valence-electron chi connectivity index (χ0n) is 11.5. The number of ether oxygens (including phenoxy) is 1. The number of halogens is 3. The summed E-state index contributed by atoms with van der Waals surface area (Å²) in [5, 5.41) is 0. The van der Waals surface area contributed by atoms with Gasteiger partial charge in [0.05, 0.1) is 0 Å². The number of rotatable bonds is 5. The molecule has 0 bridgehead atoms. The third kappa shape index (κ3) is 3.98. The van der Waals surface area contributed by atoms with Gasteiger partial charge in [-0.05, 0) is 24.1 Å². The molecule has 2 aromatic carbocycles. The SMILES string of the molecule is CCC(N)C(Oc1cc(F)cc(F)c1)c1ccc(F)cc1. The Bertz CT molecular complexity index is 581. The summed E-state index contributed by atoms with van der Waals surface area (Å²) in [6.45, 7) is 1.87. The van der Waals surface area contributed by atoms with E-state index in [-0.39, 0.29) is 17.6 Å². The van der Waals surface area contributed by atoms with Crippen LogP contribution in [0.4, 0.5) is 13.2 Å². The van der Waals surface area contributed by atoms with Crippen LogP contribution in [0.15, 0.2) is 42.5 Å². The normalized spacial score (nSPS) is 13.8. The summed E-state index contributed by atoms with van der Waals surface area (Å²) in [6.07, 6.45) is -0.0170. The molecule has 2 aromatic rings. The maximum atomic E-state index is 13.2. The second kappa shape index (κ2) is 6.63. The summed E-state index contributed by atoms with van der Waals surface area (Å²) in [5.74, 6) is -1.79. The zero-order valence-corrected chi connectivity index (χ0v) is 11.5. The van der Waals surface area contributed by atoms with Crippen molar-refractivity contribution in [1.82, 2.24) is 0 Å². The van der Waals surface area contributed by atoms with E-state index >= 15 is 0 Å². The Morgan fingerprint density at radius 1 is 0.952 bits per heavy atom. The molecular formula is C16H16F3NO. The van der Waals surface area contributed by atoms with Crippen LogP contribution < -0.4 is 10.5 Å². The van der Waals surface area contributed by atoms with Crippen LogP contribution in [-0.4, -0.2) is 6.04 Å². The minimum absolute atomic E-state index is 0.0470. The van der Waals surface area contributed by atoms with E-state index in [4.69, 9.17) is 10.5 Å². The van der Waals surface area contributed by atoms with Gasteiger partial charge in [0.15, 0.2) is 0 Å². The summed E-state index contributed by atoms with van der Waals surface area (Å²) in [6, 6.07) is 8.22. The van der Waals surface area contributed by atoms with E-state index in [1.807, 2.05) is 6.92 Å². The fourth-order valence-corrected chi connectivity index (χ4v) is 2.01. The van der Waals surface area contributed by atoms with E-state index in [0.29, 0.717) is 12.0 Å². The molecule has 2 N–H and O–H groups in total. The number of hydrogen-bond donors (Lipinski definition) is 1. The Balaban J connectivity index is 2.30. The highest BCUT2D eigenvalue weighted by atomic mass is 19.1. The molecule has 0 fully saturated rings. The van der Waals surface area contributed by atoms with Crippen LogP contribution in [0.25, 0.3) is 0 Å². The van der Waals surface area contributed by atoms with Gasteiger partial charge in [0.1, 0.15) is 29.3 Å². The smallest absolute Gasteiger partial charge is 0.139 e. The van der Waals surface area contributed by atoms with Crippen LogP contribution >= 0.6 is 0 Å². The highest BCUT2D eigenvalue weighted by Gasteiger charge is 2.21. The minimum atomic E-state index is -0.729. The van der Waals surface area contributed by atoms with Gasteiger partial charge in [0.25, 0.3) is 0 Å². The lowest BCUT2D eigenvalue weighted by atomic mass is 10.0. The predicted octanol–water partition coefficient (Wildman–Crippen LogP) is 3.96. The van der Waals surface area contributed by atoms with Gasteiger partial charge in [0.2, 0.25) is 0 Å². The van der Waals surface area contributed by atoms with Crippen LogP contribution in [0.5, 0.6) is 5.75 Å². The molecule has 2 rings (SSSR count). The van der Waals surface area contributed by atoms with E-state index in [1.54, 1.807) is 12.1 Å². The summed E-state index contributed by atoms with van der Waals surface area (Å²) in [5.41, 5.74) is 6.65. The number of hydrogen-bond acceptors (Lipinski definition) is 2. The molecule has 2 nitrogen and oxygen atoms in total. The van der Waals surface area contributed by atoms with Gasteiger partial charge in [-0.1, -0.05) is 19.1 Å². The average Bonchev–Trinajstić information content (AvgIpc) is 2.44. The molecule has 0 aromatic heterocycles. The molecule has 0 radical (unpaired) electrons. The summed E-state index contributed by atoms with van der Waals surface area (Å²) >= 11 is 0. The molecule has 112 valence electrons. The van der Waals surface area contributed by atoms with Crippen molar-refractivity contribution in [3.63, 3.8) is 0 Å². The standard InChI is InChI=1S/C16H16F3NO/c1-2-15(20)16(10-3-5-11(17)6-4-10)21-14-8-12(18)7-13(19)9-14/h3-9,15-16H,2,20H2,1H3. The van der Waals surface area contributed by atoms with Gasteiger partial charge >= 0.3 is 0 Å². The Hall–Kier alpha value is -2.01. The van der Waals surface area contributed by atoms with E-state index in [2.05, 4.69) is 0 Å². The van der Waals surface area contributed by atoms with Crippen molar-refractivity contribution in [1.29, 1.82) is 0 Å². The van der Waals surface area contributed by atoms with Crippen molar-refractivity contribution in [2.24, 2.45) is 5.73 Å². The van der Waals surface area contributed by atoms with Crippen molar-refractivity contribution < 1.29 is 17.9 Å². The van der Waals surface area contributed by atoms with Crippen LogP contribution in [-0.2, 0) is 0 Å². The van der Waals surface area contributed by atoms with Crippen LogP contribution in [0.1, 0.15) is 25.0 Å². The molecule has 0 aliphatic carbocycles. The van der Waals surface area contributed by atoms with Crippen LogP contribution in [0.2, 0.25) is 0 Å². The molecule has 0 saturated carbocycles. The first kappa shape index (κ1) is 15.4. The van der Waals surface area contributed by atoms with Gasteiger partial charge in [-0.15, -0.1) is 0 Å². The zero-order chi connectivity index (χ0) is 15.4. The molecule has 2 unspecified atom stereocenters. The quantitative estimate of drug-likeness (QED) is 0.906. The molecule has 21 heavy (non-hydrogen) atoms.